The molecule has 0 spiro atoms. The smallest absolute Gasteiger partial charge is 0.325 e. The number of benzene rings is 2. The summed E-state index contributed by atoms with van der Waals surface area (Å²) in [6, 6.07) is 12.0. The summed E-state index contributed by atoms with van der Waals surface area (Å²) in [6.45, 7) is 8.21. The molecule has 3 amide bonds. The Morgan fingerprint density at radius 2 is 1.65 bits per heavy atom. The van der Waals surface area contributed by atoms with E-state index in [1.165, 1.54) is 11.9 Å². The molecule has 11 nitrogen and oxygen atoms in total. The summed E-state index contributed by atoms with van der Waals surface area (Å²) in [5, 5.41) is 16.5. The van der Waals surface area contributed by atoms with Crippen LogP contribution in [0.15, 0.2) is 48.5 Å². The highest BCUT2D eigenvalue weighted by molar-refractivity contribution is 6.67. The number of hydrogen-bond donors (Lipinski definition) is 4. The Labute approximate surface area is 284 Å². The summed E-state index contributed by atoms with van der Waals surface area (Å²) in [6.07, 6.45) is -0.587. The first-order chi connectivity index (χ1) is 21.6. The predicted octanol–water partition coefficient (Wildman–Crippen LogP) is 4.23. The molecule has 5 atom stereocenters. The lowest BCUT2D eigenvalue weighted by molar-refractivity contribution is -0.152. The first kappa shape index (κ1) is 37.4. The zero-order valence-corrected chi connectivity index (χ0v) is 28.7. The number of esters is 1. The molecule has 1 aliphatic heterocycles. The molecular weight excluding hydrogens is 659 g/mol. The largest absolute Gasteiger partial charge is 0.481 e. The van der Waals surface area contributed by atoms with Crippen molar-refractivity contribution in [3.05, 3.63) is 54.1 Å². The first-order valence-electron chi connectivity index (χ1n) is 15.0. The van der Waals surface area contributed by atoms with Crippen LogP contribution >= 0.6 is 34.8 Å². The van der Waals surface area contributed by atoms with Crippen LogP contribution in [0.3, 0.4) is 0 Å². The van der Waals surface area contributed by atoms with Gasteiger partial charge in [-0.25, -0.2) is 5.43 Å². The number of carbonyl (C=O) groups excluding carboxylic acids is 4. The van der Waals surface area contributed by atoms with E-state index in [1.54, 1.807) is 39.8 Å². The van der Waals surface area contributed by atoms with E-state index < -0.39 is 64.4 Å². The minimum absolute atomic E-state index is 0.305. The van der Waals surface area contributed by atoms with Gasteiger partial charge in [0.1, 0.15) is 30.5 Å². The van der Waals surface area contributed by atoms with Crippen molar-refractivity contribution >= 4 is 58.5 Å². The average molecular weight is 700 g/mol. The molecule has 0 saturated carbocycles. The van der Waals surface area contributed by atoms with Crippen molar-refractivity contribution in [2.24, 2.45) is 5.92 Å². The molecule has 1 saturated heterocycles. The number of aliphatic hydroxyl groups excluding tert-OH is 1. The maximum Gasteiger partial charge on any atom is 0.325 e. The standard InChI is InChI=1S/C32H41Cl3N4O7/c1-18(2)27(29(42)36-19(3)30(43)39-15-7-10-26(38-39)31(44)45-17-32(33,34)35)37-28(41)21(5)46-25-13-11-22(12-14-25)24-9-6-8-23(16-24)20(4)40/h6,8-9,11-14,16,18-21,26-27,38,40H,7,10,15,17H2,1-5H3,(H,36,42)(H,37,41)/t19?,20-,21?,26?,27?/m1/s1. The zero-order valence-electron chi connectivity index (χ0n) is 26.4. The van der Waals surface area contributed by atoms with Crippen molar-refractivity contribution in [2.45, 2.75) is 81.6 Å². The monoisotopic (exact) mass is 698 g/mol. The van der Waals surface area contributed by atoms with Crippen LogP contribution in [-0.4, -0.2) is 75.0 Å². The zero-order chi connectivity index (χ0) is 34.2. The molecule has 1 aliphatic rings. The lowest BCUT2D eigenvalue weighted by Crippen LogP contribution is -2.61. The lowest BCUT2D eigenvalue weighted by atomic mass is 10.0. The SMILES string of the molecule is CC(NC(=O)C(NC(=O)C(C)Oc1ccc(-c2cccc([C@@H](C)O)c2)cc1)C(C)C)C(=O)N1CCCC(C(=O)OCC(Cl)(Cl)Cl)N1. The third-order valence-electron chi connectivity index (χ3n) is 7.33. The van der Waals surface area contributed by atoms with Crippen LogP contribution in [0.5, 0.6) is 5.75 Å². The van der Waals surface area contributed by atoms with E-state index in [1.807, 2.05) is 36.4 Å². The molecule has 2 aromatic carbocycles. The number of rotatable bonds is 12. The second kappa shape index (κ2) is 16.6. The van der Waals surface area contributed by atoms with Gasteiger partial charge in [-0.15, -0.1) is 0 Å². The third kappa shape index (κ3) is 11.0. The van der Waals surface area contributed by atoms with Gasteiger partial charge in [-0.05, 0) is 74.4 Å². The molecule has 1 heterocycles. The Morgan fingerprint density at radius 3 is 2.26 bits per heavy atom. The maximum atomic E-state index is 13.2. The molecule has 1 fully saturated rings. The van der Waals surface area contributed by atoms with Gasteiger partial charge >= 0.3 is 5.97 Å². The van der Waals surface area contributed by atoms with Crippen molar-refractivity contribution < 1.29 is 33.8 Å². The Bertz CT molecular complexity index is 1370. The van der Waals surface area contributed by atoms with Crippen LogP contribution in [0.25, 0.3) is 11.1 Å². The van der Waals surface area contributed by atoms with Gasteiger partial charge in [0.05, 0.1) is 6.10 Å². The van der Waals surface area contributed by atoms with Gasteiger partial charge in [0, 0.05) is 6.54 Å². The molecule has 4 N–H and O–H groups in total. The summed E-state index contributed by atoms with van der Waals surface area (Å²) in [4.78, 5) is 51.7. The highest BCUT2D eigenvalue weighted by Gasteiger charge is 2.34. The lowest BCUT2D eigenvalue weighted by Gasteiger charge is -2.34. The van der Waals surface area contributed by atoms with Gasteiger partial charge in [-0.2, -0.15) is 0 Å². The quantitative estimate of drug-likeness (QED) is 0.190. The number of ether oxygens (including phenoxy) is 2. The molecule has 46 heavy (non-hydrogen) atoms. The van der Waals surface area contributed by atoms with Gasteiger partial charge in [-0.1, -0.05) is 79.0 Å². The van der Waals surface area contributed by atoms with Crippen molar-refractivity contribution in [3.8, 4) is 16.9 Å². The van der Waals surface area contributed by atoms with E-state index in [-0.39, 0.29) is 5.92 Å². The summed E-state index contributed by atoms with van der Waals surface area (Å²) in [7, 11) is 0. The number of hydrogen-bond acceptors (Lipinski definition) is 8. The van der Waals surface area contributed by atoms with Gasteiger partial charge in [0.25, 0.3) is 11.8 Å². The van der Waals surface area contributed by atoms with Crippen LogP contribution in [0.2, 0.25) is 0 Å². The van der Waals surface area contributed by atoms with Gasteiger partial charge < -0.3 is 25.2 Å². The van der Waals surface area contributed by atoms with Gasteiger partial charge in [0.15, 0.2) is 6.10 Å². The summed E-state index contributed by atoms with van der Waals surface area (Å²) in [5.41, 5.74) is 5.48. The second-order valence-electron chi connectivity index (χ2n) is 11.6. The number of nitrogens with one attached hydrogen (secondary N) is 3. The van der Waals surface area contributed by atoms with Gasteiger partial charge in [0.2, 0.25) is 9.70 Å². The fourth-order valence-corrected chi connectivity index (χ4v) is 4.90. The van der Waals surface area contributed by atoms with E-state index in [2.05, 4.69) is 16.1 Å². The normalized spacial score (nSPS) is 17.8. The molecule has 2 aromatic rings. The van der Waals surface area contributed by atoms with Crippen LogP contribution in [0.4, 0.5) is 0 Å². The van der Waals surface area contributed by atoms with Crippen molar-refractivity contribution in [1.82, 2.24) is 21.1 Å². The number of amides is 3. The number of hydrazine groups is 1. The second-order valence-corrected chi connectivity index (χ2v) is 14.1. The van der Waals surface area contributed by atoms with E-state index in [0.717, 1.165) is 16.7 Å². The maximum absolute atomic E-state index is 13.2. The summed E-state index contributed by atoms with van der Waals surface area (Å²) < 4.78 is 9.10. The van der Waals surface area contributed by atoms with Crippen molar-refractivity contribution in [3.63, 3.8) is 0 Å². The number of halogens is 3. The molecule has 3 rings (SSSR count). The van der Waals surface area contributed by atoms with E-state index in [4.69, 9.17) is 44.3 Å². The van der Waals surface area contributed by atoms with Gasteiger partial charge in [-0.3, -0.25) is 24.2 Å². The summed E-state index contributed by atoms with van der Waals surface area (Å²) >= 11 is 16.9. The van der Waals surface area contributed by atoms with Crippen LogP contribution in [0.1, 0.15) is 59.1 Å². The Kier molecular flexibility index (Phi) is 13.5. The van der Waals surface area contributed by atoms with Crippen LogP contribution < -0.4 is 20.8 Å². The Morgan fingerprint density at radius 1 is 0.978 bits per heavy atom. The predicted molar refractivity (Wildman–Crippen MR) is 176 cm³/mol. The van der Waals surface area contributed by atoms with E-state index in [9.17, 15) is 24.3 Å². The minimum Gasteiger partial charge on any atom is -0.481 e. The third-order valence-corrected chi connectivity index (χ3v) is 7.66. The number of aliphatic hydroxyl groups is 1. The van der Waals surface area contributed by atoms with E-state index >= 15 is 0 Å². The molecule has 252 valence electrons. The molecule has 14 heteroatoms. The fraction of sp³-hybridized carbons (Fsp3) is 0.500. The highest BCUT2D eigenvalue weighted by Crippen LogP contribution is 2.27. The highest BCUT2D eigenvalue weighted by atomic mass is 35.6. The van der Waals surface area contributed by atoms with E-state index in [0.29, 0.717) is 25.1 Å². The molecule has 0 aliphatic carbocycles. The summed E-state index contributed by atoms with van der Waals surface area (Å²) in [5.74, 6) is -2.03. The fourth-order valence-electron chi connectivity index (χ4n) is 4.73. The molecule has 4 unspecified atom stereocenters. The first-order valence-corrected chi connectivity index (χ1v) is 16.2. The molecule has 0 bridgehead atoms. The Hall–Kier alpha value is -3.09. The molecular formula is C32H41Cl3N4O7. The average Bonchev–Trinajstić information content (AvgIpc) is 3.01. The van der Waals surface area contributed by atoms with Crippen LogP contribution in [-0.2, 0) is 23.9 Å². The number of nitrogens with zero attached hydrogens (tertiary/aromatic N) is 1. The van der Waals surface area contributed by atoms with Crippen molar-refractivity contribution in [1.29, 1.82) is 0 Å². The molecule has 0 aromatic heterocycles. The number of carbonyl (C=O) groups is 4. The topological polar surface area (TPSA) is 146 Å². The van der Waals surface area contributed by atoms with Crippen LogP contribution in [0, 0.1) is 5.92 Å². The Balaban J connectivity index is 1.55. The minimum atomic E-state index is -1.76. The molecule has 0 radical (unpaired) electrons. The number of alkyl halides is 3. The van der Waals surface area contributed by atoms with Crippen molar-refractivity contribution in [2.75, 3.05) is 13.2 Å².